The van der Waals surface area contributed by atoms with E-state index in [9.17, 15) is 14.9 Å². The highest BCUT2D eigenvalue weighted by Crippen LogP contribution is 2.32. The average molecular weight is 507 g/mol. The number of hydrogen-bond acceptors (Lipinski definition) is 6. The smallest absolute Gasteiger partial charge is 0.293 e. The molecule has 1 aromatic heterocycles. The van der Waals surface area contributed by atoms with E-state index in [4.69, 9.17) is 4.42 Å². The lowest BCUT2D eigenvalue weighted by molar-refractivity contribution is -0.384. The third-order valence-electron chi connectivity index (χ3n) is 5.62. The third kappa shape index (κ3) is 4.31. The zero-order valence-corrected chi connectivity index (χ0v) is 19.0. The summed E-state index contributed by atoms with van der Waals surface area (Å²) in [4.78, 5) is 30.5. The minimum atomic E-state index is -0.435. The summed E-state index contributed by atoms with van der Waals surface area (Å²) in [7, 11) is 0. The normalized spacial score (nSPS) is 13.4. The molecule has 166 valence electrons. The van der Waals surface area contributed by atoms with Crippen LogP contribution in [-0.2, 0) is 0 Å². The maximum atomic E-state index is 12.8. The van der Waals surface area contributed by atoms with Crippen LogP contribution in [0.3, 0.4) is 0 Å². The minimum absolute atomic E-state index is 0.0596. The van der Waals surface area contributed by atoms with Gasteiger partial charge in [0.2, 0.25) is 5.89 Å². The SMILES string of the molecule is O=C(Nc1ccc2oc(-c3ccc(Br)cc3)nc2c1)c1ccc(N2CCCC2)c([N+](=O)[O-])c1. The average Bonchev–Trinajstić information content (AvgIpc) is 3.49. The molecule has 8 nitrogen and oxygen atoms in total. The van der Waals surface area contributed by atoms with Crippen LogP contribution in [0.1, 0.15) is 23.2 Å². The zero-order chi connectivity index (χ0) is 22.9. The summed E-state index contributed by atoms with van der Waals surface area (Å²) < 4.78 is 6.78. The molecule has 4 aromatic rings. The first-order chi connectivity index (χ1) is 16.0. The number of carbonyl (C=O) groups is 1. The molecule has 0 unspecified atom stereocenters. The van der Waals surface area contributed by atoms with Gasteiger partial charge >= 0.3 is 0 Å². The first-order valence-corrected chi connectivity index (χ1v) is 11.3. The summed E-state index contributed by atoms with van der Waals surface area (Å²) in [5.74, 6) is 0.0520. The Labute approximate surface area is 197 Å². The molecule has 1 fully saturated rings. The second-order valence-electron chi connectivity index (χ2n) is 7.82. The van der Waals surface area contributed by atoms with Crippen LogP contribution < -0.4 is 10.2 Å². The van der Waals surface area contributed by atoms with Gasteiger partial charge in [0.15, 0.2) is 5.58 Å². The quantitative estimate of drug-likeness (QED) is 0.262. The fourth-order valence-electron chi connectivity index (χ4n) is 3.96. The number of nitrogens with zero attached hydrogens (tertiary/aromatic N) is 3. The van der Waals surface area contributed by atoms with Gasteiger partial charge in [0, 0.05) is 40.4 Å². The molecule has 0 radical (unpaired) electrons. The molecule has 1 aliphatic heterocycles. The van der Waals surface area contributed by atoms with E-state index in [1.165, 1.54) is 6.07 Å². The number of fused-ring (bicyclic) bond motifs is 1. The van der Waals surface area contributed by atoms with Crippen molar-refractivity contribution in [2.24, 2.45) is 0 Å². The molecule has 1 saturated heterocycles. The number of amides is 1. The van der Waals surface area contributed by atoms with Gasteiger partial charge in [-0.25, -0.2) is 4.98 Å². The molecule has 1 amide bonds. The van der Waals surface area contributed by atoms with Crippen LogP contribution >= 0.6 is 15.9 Å². The van der Waals surface area contributed by atoms with Crippen molar-refractivity contribution >= 4 is 50.0 Å². The first kappa shape index (κ1) is 21.1. The Morgan fingerprint density at radius 3 is 2.55 bits per heavy atom. The van der Waals surface area contributed by atoms with Crippen molar-refractivity contribution in [2.45, 2.75) is 12.8 Å². The fraction of sp³-hybridized carbons (Fsp3) is 0.167. The summed E-state index contributed by atoms with van der Waals surface area (Å²) in [5.41, 5.74) is 3.27. The molecule has 1 aliphatic rings. The minimum Gasteiger partial charge on any atom is -0.436 e. The van der Waals surface area contributed by atoms with Gasteiger partial charge in [-0.1, -0.05) is 15.9 Å². The van der Waals surface area contributed by atoms with Crippen LogP contribution in [0, 0.1) is 10.1 Å². The van der Waals surface area contributed by atoms with Gasteiger partial charge in [0.25, 0.3) is 11.6 Å². The van der Waals surface area contributed by atoms with Gasteiger partial charge < -0.3 is 14.6 Å². The summed E-state index contributed by atoms with van der Waals surface area (Å²) in [6.07, 6.45) is 2.01. The molecule has 3 aromatic carbocycles. The third-order valence-corrected chi connectivity index (χ3v) is 6.15. The topological polar surface area (TPSA) is 102 Å². The molecule has 5 rings (SSSR count). The predicted molar refractivity (Wildman–Crippen MR) is 130 cm³/mol. The lowest BCUT2D eigenvalue weighted by Crippen LogP contribution is -2.19. The number of nitrogens with one attached hydrogen (secondary N) is 1. The monoisotopic (exact) mass is 506 g/mol. The van der Waals surface area contributed by atoms with Crippen LogP contribution in [0.2, 0.25) is 0 Å². The second kappa shape index (κ2) is 8.67. The Morgan fingerprint density at radius 1 is 1.06 bits per heavy atom. The highest BCUT2D eigenvalue weighted by atomic mass is 79.9. The molecule has 0 spiro atoms. The van der Waals surface area contributed by atoms with Gasteiger partial charge in [-0.05, 0) is 67.4 Å². The molecule has 2 heterocycles. The number of anilines is 2. The van der Waals surface area contributed by atoms with Crippen molar-refractivity contribution in [2.75, 3.05) is 23.3 Å². The second-order valence-corrected chi connectivity index (χ2v) is 8.73. The number of oxazole rings is 1. The Balaban J connectivity index is 1.39. The molecule has 1 N–H and O–H groups in total. The summed E-state index contributed by atoms with van der Waals surface area (Å²) in [5, 5.41) is 14.4. The Bertz CT molecular complexity index is 1360. The van der Waals surface area contributed by atoms with Gasteiger partial charge in [-0.2, -0.15) is 0 Å². The number of halogens is 1. The van der Waals surface area contributed by atoms with Crippen LogP contribution in [0.4, 0.5) is 17.1 Å². The van der Waals surface area contributed by atoms with E-state index in [1.807, 2.05) is 29.2 Å². The van der Waals surface area contributed by atoms with Crippen LogP contribution in [0.15, 0.2) is 69.6 Å². The number of nitro groups is 1. The number of carbonyl (C=O) groups excluding carboxylic acids is 1. The highest BCUT2D eigenvalue weighted by Gasteiger charge is 2.24. The lowest BCUT2D eigenvalue weighted by atomic mass is 10.1. The molecule has 33 heavy (non-hydrogen) atoms. The molecule has 0 saturated carbocycles. The van der Waals surface area contributed by atoms with Crippen LogP contribution in [0.25, 0.3) is 22.6 Å². The van der Waals surface area contributed by atoms with Crippen molar-refractivity contribution in [3.8, 4) is 11.5 Å². The van der Waals surface area contributed by atoms with Crippen LogP contribution in [-0.4, -0.2) is 28.9 Å². The van der Waals surface area contributed by atoms with Gasteiger partial charge in [-0.3, -0.25) is 14.9 Å². The van der Waals surface area contributed by atoms with Crippen LogP contribution in [0.5, 0.6) is 0 Å². The number of nitro benzene ring substituents is 1. The lowest BCUT2D eigenvalue weighted by Gasteiger charge is -2.17. The molecular formula is C24H19BrN4O4. The van der Waals surface area contributed by atoms with Gasteiger partial charge in [0.1, 0.15) is 11.2 Å². The van der Waals surface area contributed by atoms with Crippen molar-refractivity contribution in [3.05, 3.63) is 80.8 Å². The summed E-state index contributed by atoms with van der Waals surface area (Å²) in [6, 6.07) is 17.4. The number of rotatable bonds is 5. The summed E-state index contributed by atoms with van der Waals surface area (Å²) in [6.45, 7) is 1.57. The number of hydrogen-bond donors (Lipinski definition) is 1. The van der Waals surface area contributed by atoms with E-state index in [0.29, 0.717) is 28.4 Å². The first-order valence-electron chi connectivity index (χ1n) is 10.5. The Morgan fingerprint density at radius 2 is 1.82 bits per heavy atom. The molecule has 0 atom stereocenters. The van der Waals surface area contributed by atoms with Crippen molar-refractivity contribution in [1.29, 1.82) is 0 Å². The fourth-order valence-corrected chi connectivity index (χ4v) is 4.23. The van der Waals surface area contributed by atoms with E-state index < -0.39 is 10.8 Å². The zero-order valence-electron chi connectivity index (χ0n) is 17.5. The predicted octanol–water partition coefficient (Wildman–Crippen LogP) is 6.02. The van der Waals surface area contributed by atoms with E-state index in [-0.39, 0.29) is 11.3 Å². The molecule has 9 heteroatoms. The largest absolute Gasteiger partial charge is 0.436 e. The molecular weight excluding hydrogens is 488 g/mol. The summed E-state index contributed by atoms with van der Waals surface area (Å²) >= 11 is 3.41. The van der Waals surface area contributed by atoms with E-state index >= 15 is 0 Å². The van der Waals surface area contributed by atoms with Gasteiger partial charge in [-0.15, -0.1) is 0 Å². The van der Waals surface area contributed by atoms with E-state index in [1.54, 1.807) is 30.3 Å². The number of aromatic nitrogens is 1. The highest BCUT2D eigenvalue weighted by molar-refractivity contribution is 9.10. The maximum Gasteiger partial charge on any atom is 0.293 e. The van der Waals surface area contributed by atoms with Gasteiger partial charge in [0.05, 0.1) is 4.92 Å². The van der Waals surface area contributed by atoms with E-state index in [2.05, 4.69) is 26.2 Å². The number of benzene rings is 3. The van der Waals surface area contributed by atoms with Crippen molar-refractivity contribution in [1.82, 2.24) is 4.98 Å². The standard InChI is InChI=1S/C24H19BrN4O4/c25-17-6-3-15(4-7-17)24-27-19-14-18(8-10-22(19)33-24)26-23(30)16-5-9-20(21(13-16)29(31)32)28-11-1-2-12-28/h3-10,13-14H,1-2,11-12H2,(H,26,30). The Hall–Kier alpha value is -3.72. The maximum absolute atomic E-state index is 12.8. The van der Waals surface area contributed by atoms with E-state index in [0.717, 1.165) is 36.0 Å². The molecule has 0 bridgehead atoms. The molecule has 0 aliphatic carbocycles. The van der Waals surface area contributed by atoms with Crippen molar-refractivity contribution in [3.63, 3.8) is 0 Å². The Kier molecular flexibility index (Phi) is 5.55. The van der Waals surface area contributed by atoms with Crippen molar-refractivity contribution < 1.29 is 14.1 Å².